The number of fused-ring (bicyclic) bond motifs is 24. The van der Waals surface area contributed by atoms with Gasteiger partial charge in [0.2, 0.25) is 57.3 Å². The van der Waals surface area contributed by atoms with Crippen LogP contribution in [0, 0.1) is 0 Å². The standard InChI is InChI=1S/C117H74N18Si2/c1-5-33-79(34-6-1)136(80-35-7-2-8-36-80,83-67-63-77(64-68-83)127-94-48-20-13-41-85(94)86-42-14-21-49-95(86)127)113-123-109(129-98-52-24-17-45-89(98)90-46-18-25-53-99(90)129)121-110(124-113)134-105-59-31-28-56-102(105)131-107-73-75(61-71-92(107)119-116(131)134)76-62-72-93-108(74-76)132-103-57-29-32-60-106(103)135(117(132)120-93)112-122-111(133-104-58-30-27-55-101(104)130-100-54-26-19-47-91(100)118-115(130)133)125-114(126-112)137(81-37-9-3-10-38-81,82-39-11-4-12-40-82)84-69-65-78(66-70-84)128-96-50-22-15-43-87(96)88-44-16-23-51-97(88)128/h1-74H. The summed E-state index contributed by atoms with van der Waals surface area (Å²) in [4.78, 5) is 52.6. The van der Waals surface area contributed by atoms with Crippen LogP contribution in [0.3, 0.4) is 0 Å². The molecular weight excluding hydrogens is 1710 g/mol. The Kier molecular flexibility index (Phi) is 16.5. The Balaban J connectivity index is 0.628. The molecule has 640 valence electrons. The summed E-state index contributed by atoms with van der Waals surface area (Å²) in [6.07, 6.45) is 0. The van der Waals surface area contributed by atoms with E-state index in [1.54, 1.807) is 0 Å². The van der Waals surface area contributed by atoms with Crippen molar-refractivity contribution < 1.29 is 0 Å². The van der Waals surface area contributed by atoms with E-state index in [2.05, 4.69) is 483 Å². The van der Waals surface area contributed by atoms with E-state index in [-0.39, 0.29) is 0 Å². The monoisotopic (exact) mass is 1790 g/mol. The van der Waals surface area contributed by atoms with Crippen LogP contribution in [0.4, 0.5) is 0 Å². The van der Waals surface area contributed by atoms with Crippen LogP contribution in [0.25, 0.3) is 195 Å². The maximum Gasteiger partial charge on any atom is 0.241 e. The van der Waals surface area contributed by atoms with Gasteiger partial charge in [-0.3, -0.25) is 17.8 Å². The van der Waals surface area contributed by atoms with Crippen LogP contribution in [0.2, 0.25) is 0 Å². The van der Waals surface area contributed by atoms with Gasteiger partial charge < -0.3 is 9.13 Å². The first kappa shape index (κ1) is 76.3. The van der Waals surface area contributed by atoms with Gasteiger partial charge in [-0.2, -0.15) is 9.97 Å². The molecule has 11 heterocycles. The zero-order chi connectivity index (χ0) is 89.7. The molecule has 0 amide bonds. The molecular formula is C117H74N18Si2. The van der Waals surface area contributed by atoms with Gasteiger partial charge in [-0.25, -0.2) is 48.6 Å². The quantitative estimate of drug-likeness (QED) is 0.0719. The Morgan fingerprint density at radius 2 is 0.387 bits per heavy atom. The van der Waals surface area contributed by atoms with Crippen molar-refractivity contribution in [1.82, 2.24) is 85.5 Å². The van der Waals surface area contributed by atoms with Gasteiger partial charge in [-0.15, -0.1) is 0 Å². The number of hydrogen-bond donors (Lipinski definition) is 0. The van der Waals surface area contributed by atoms with E-state index in [0.717, 1.165) is 164 Å². The molecule has 0 aliphatic rings. The zero-order valence-corrected chi connectivity index (χ0v) is 75.3. The van der Waals surface area contributed by atoms with Gasteiger partial charge in [0.25, 0.3) is 0 Å². The van der Waals surface area contributed by atoms with Crippen LogP contribution < -0.4 is 42.0 Å². The van der Waals surface area contributed by atoms with Gasteiger partial charge in [0.1, 0.15) is 10.9 Å². The van der Waals surface area contributed by atoms with Gasteiger partial charge in [0, 0.05) is 43.7 Å². The SMILES string of the molecule is c1ccc([Si](c2ccccc2)(c2ccc(-n3c4ccccc4c4ccccc43)cc2)c2nc(-n3c4ccccc4c4ccccc43)nc(-n3c4ccccc4n4c5cc(-c6ccc7nc8n(-c9nc(-n%10c%11ccccc%11n%11c%12ccccc%12nc%10%11)nc([Si](c%10ccccc%10)(c%10ccccc%10)c%10ccc(-n%11c%12ccccc%12c%12ccccc%12%11)cc%10)n9)c9ccccc9n8c7c6)ccc5nc34)n2)cc1. The van der Waals surface area contributed by atoms with Crippen LogP contribution in [0.1, 0.15) is 0 Å². The van der Waals surface area contributed by atoms with Crippen LogP contribution in [-0.2, 0) is 0 Å². The fourth-order valence-electron chi connectivity index (χ4n) is 22.3. The Bertz CT molecular complexity index is 9790. The van der Waals surface area contributed by atoms with Gasteiger partial charge in [-0.1, -0.05) is 315 Å². The first-order valence-corrected chi connectivity index (χ1v) is 50.1. The number of imidazole rings is 6. The first-order valence-electron chi connectivity index (χ1n) is 46.1. The minimum Gasteiger partial charge on any atom is -0.309 e. The van der Waals surface area contributed by atoms with Gasteiger partial charge >= 0.3 is 0 Å². The molecule has 0 unspecified atom stereocenters. The first-order chi connectivity index (χ1) is 68.0. The molecule has 0 bridgehead atoms. The van der Waals surface area contributed by atoms with E-state index >= 15 is 0 Å². The third-order valence-electron chi connectivity index (χ3n) is 28.2. The lowest BCUT2D eigenvalue weighted by atomic mass is 10.0. The van der Waals surface area contributed by atoms with Gasteiger partial charge in [0.05, 0.1) is 99.3 Å². The highest BCUT2D eigenvalue weighted by Crippen LogP contribution is 2.40. The number of rotatable bonds is 15. The summed E-state index contributed by atoms with van der Waals surface area (Å²) in [5.41, 5.74) is 22.4. The van der Waals surface area contributed by atoms with Crippen molar-refractivity contribution in [3.63, 3.8) is 0 Å². The predicted octanol–water partition coefficient (Wildman–Crippen LogP) is 20.0. The second-order valence-corrected chi connectivity index (χ2v) is 42.7. The maximum absolute atomic E-state index is 6.07. The van der Waals surface area contributed by atoms with E-state index in [1.165, 1.54) is 21.5 Å². The molecule has 0 radical (unpaired) electrons. The molecule has 20 heteroatoms. The lowest BCUT2D eigenvalue weighted by Crippen LogP contribution is -2.76. The summed E-state index contributed by atoms with van der Waals surface area (Å²) in [7, 11) is -7.36. The van der Waals surface area contributed by atoms with Crippen molar-refractivity contribution in [3.8, 4) is 46.3 Å². The molecule has 18 nitrogen and oxygen atoms in total. The van der Waals surface area contributed by atoms with Crippen molar-refractivity contribution in [2.75, 3.05) is 0 Å². The highest BCUT2D eigenvalue weighted by Gasteiger charge is 2.48. The van der Waals surface area contributed by atoms with Crippen LogP contribution in [0.15, 0.2) is 449 Å². The van der Waals surface area contributed by atoms with Gasteiger partial charge in [0.15, 0.2) is 0 Å². The van der Waals surface area contributed by atoms with E-state index in [4.69, 9.17) is 44.9 Å². The molecule has 0 N–H and O–H groups in total. The zero-order valence-electron chi connectivity index (χ0n) is 73.3. The molecule has 0 saturated carbocycles. The number of aromatic nitrogens is 18. The third-order valence-corrected chi connectivity index (χ3v) is 37.2. The number of benzene rings is 18. The van der Waals surface area contributed by atoms with Crippen LogP contribution in [-0.4, -0.2) is 102 Å². The molecule has 0 saturated heterocycles. The molecule has 0 atom stereocenters. The molecule has 0 spiro atoms. The molecule has 0 aliphatic heterocycles. The minimum absolute atomic E-state index is 0.394. The fraction of sp³-hybridized carbons (Fsp3) is 0. The lowest BCUT2D eigenvalue weighted by Gasteiger charge is -2.32. The largest absolute Gasteiger partial charge is 0.309 e. The van der Waals surface area contributed by atoms with Crippen molar-refractivity contribution >= 4 is 207 Å². The topological polar surface area (TPSA) is 159 Å². The average molecular weight is 1790 g/mol. The predicted molar refractivity (Wildman–Crippen MR) is 558 cm³/mol. The molecule has 29 aromatic rings. The highest BCUT2D eigenvalue weighted by atomic mass is 28.3. The van der Waals surface area contributed by atoms with E-state index < -0.39 is 16.1 Å². The van der Waals surface area contributed by atoms with E-state index in [9.17, 15) is 0 Å². The minimum atomic E-state index is -3.71. The summed E-state index contributed by atoms with van der Waals surface area (Å²) >= 11 is 0. The molecule has 11 aromatic heterocycles. The normalized spacial score (nSPS) is 12.4. The van der Waals surface area contributed by atoms with Gasteiger partial charge in [-0.05, 0) is 176 Å². The molecule has 137 heavy (non-hydrogen) atoms. The van der Waals surface area contributed by atoms with Crippen molar-refractivity contribution in [3.05, 3.63) is 449 Å². The Hall–Kier alpha value is -18.4. The fourth-order valence-corrected chi connectivity index (χ4v) is 31.1. The molecule has 29 rings (SSSR count). The highest BCUT2D eigenvalue weighted by molar-refractivity contribution is 7.20. The maximum atomic E-state index is 6.07. The van der Waals surface area contributed by atoms with Crippen LogP contribution >= 0.6 is 0 Å². The summed E-state index contributed by atoms with van der Waals surface area (Å²) < 4.78 is 20.2. The molecule has 18 aromatic carbocycles. The summed E-state index contributed by atoms with van der Waals surface area (Å²) in [6, 6.07) is 161. The molecule has 0 aliphatic carbocycles. The van der Waals surface area contributed by atoms with Crippen molar-refractivity contribution in [2.24, 2.45) is 0 Å². The second-order valence-electron chi connectivity index (χ2n) is 35.3. The molecule has 0 fully saturated rings. The van der Waals surface area contributed by atoms with Crippen molar-refractivity contribution in [1.29, 1.82) is 0 Å². The number of para-hydroxylation sites is 14. The second kappa shape index (κ2) is 29.6. The Morgan fingerprint density at radius 1 is 0.153 bits per heavy atom. The third kappa shape index (κ3) is 11.0. The van der Waals surface area contributed by atoms with Crippen LogP contribution in [0.5, 0.6) is 0 Å². The average Bonchev–Trinajstić information content (AvgIpc) is 1.65. The van der Waals surface area contributed by atoms with E-state index in [0.29, 0.717) is 52.0 Å². The summed E-state index contributed by atoms with van der Waals surface area (Å²) in [5.74, 6) is 3.65. The number of hydrogen-bond acceptors (Lipinski definition) is 9. The number of nitrogens with zero attached hydrogens (tertiary/aromatic N) is 18. The Morgan fingerprint density at radius 3 is 0.701 bits per heavy atom. The van der Waals surface area contributed by atoms with E-state index in [1.807, 2.05) is 6.07 Å². The summed E-state index contributed by atoms with van der Waals surface area (Å²) in [5, 5.41) is 13.6. The summed E-state index contributed by atoms with van der Waals surface area (Å²) in [6.45, 7) is 0. The smallest absolute Gasteiger partial charge is 0.241 e. The Labute approximate surface area is 782 Å². The van der Waals surface area contributed by atoms with Crippen molar-refractivity contribution in [2.45, 2.75) is 0 Å². The lowest BCUT2D eigenvalue weighted by molar-refractivity contribution is 0.887.